The zero-order valence-corrected chi connectivity index (χ0v) is 12.3. The van der Waals surface area contributed by atoms with E-state index in [1.165, 1.54) is 10.8 Å². The number of nitrogens with zero attached hydrogens (tertiary/aromatic N) is 2. The Bertz CT molecular complexity index is 783. The second-order valence-electron chi connectivity index (χ2n) is 5.30. The summed E-state index contributed by atoms with van der Waals surface area (Å²) in [5.41, 5.74) is 1.87. The molecule has 0 aliphatic rings. The maximum atomic E-state index is 12.5. The van der Waals surface area contributed by atoms with E-state index in [2.05, 4.69) is 24.3 Å². The van der Waals surface area contributed by atoms with Gasteiger partial charge in [0.1, 0.15) is 5.69 Å². The summed E-state index contributed by atoms with van der Waals surface area (Å²) in [7, 11) is 3.73. The summed E-state index contributed by atoms with van der Waals surface area (Å²) in [5, 5.41) is 2.40. The molecule has 2 aromatic carbocycles. The number of hydrogen-bond donors (Lipinski definition) is 0. The number of fused-ring (bicyclic) bond motifs is 1. The third-order valence-electron chi connectivity index (χ3n) is 3.80. The van der Waals surface area contributed by atoms with Gasteiger partial charge in [-0.05, 0) is 28.5 Å². The van der Waals surface area contributed by atoms with Gasteiger partial charge < -0.3 is 9.47 Å². The lowest BCUT2D eigenvalue weighted by atomic mass is 10.0. The zero-order valence-electron chi connectivity index (χ0n) is 12.3. The summed E-state index contributed by atoms with van der Waals surface area (Å²) in [6.07, 6.45) is 1.89. The van der Waals surface area contributed by atoms with Gasteiger partial charge in [-0.15, -0.1) is 0 Å². The fourth-order valence-corrected chi connectivity index (χ4v) is 2.64. The van der Waals surface area contributed by atoms with E-state index < -0.39 is 0 Å². The van der Waals surface area contributed by atoms with Crippen LogP contribution in [0.25, 0.3) is 10.8 Å². The molecule has 0 fully saturated rings. The number of benzene rings is 2. The molecular weight excluding hydrogens is 260 g/mol. The predicted molar refractivity (Wildman–Crippen MR) is 85.2 cm³/mol. The van der Waals surface area contributed by atoms with Gasteiger partial charge >= 0.3 is 0 Å². The van der Waals surface area contributed by atoms with Crippen LogP contribution in [0.15, 0.2) is 60.8 Å². The van der Waals surface area contributed by atoms with Gasteiger partial charge in [0, 0.05) is 26.8 Å². The van der Waals surface area contributed by atoms with Gasteiger partial charge in [-0.2, -0.15) is 0 Å². The first-order valence-corrected chi connectivity index (χ1v) is 7.00. The Morgan fingerprint density at radius 3 is 2.57 bits per heavy atom. The van der Waals surface area contributed by atoms with Crippen LogP contribution in [0.3, 0.4) is 0 Å². The molecule has 1 aromatic heterocycles. The lowest BCUT2D eigenvalue weighted by molar-refractivity contribution is 0.0776. The summed E-state index contributed by atoms with van der Waals surface area (Å²) < 4.78 is 1.85. The normalized spacial score (nSPS) is 10.8. The van der Waals surface area contributed by atoms with Gasteiger partial charge in [0.25, 0.3) is 5.91 Å². The zero-order chi connectivity index (χ0) is 14.8. The molecule has 1 heterocycles. The highest BCUT2D eigenvalue weighted by Crippen LogP contribution is 2.20. The maximum Gasteiger partial charge on any atom is 0.270 e. The Morgan fingerprint density at radius 1 is 1.05 bits per heavy atom. The minimum atomic E-state index is 0.0374. The summed E-state index contributed by atoms with van der Waals surface area (Å²) in [6.45, 7) is 0.603. The predicted octanol–water partition coefficient (Wildman–Crippen LogP) is 3.45. The van der Waals surface area contributed by atoms with Gasteiger partial charge in [-0.1, -0.05) is 42.5 Å². The molecule has 3 heteroatoms. The Hall–Kier alpha value is -2.55. The number of carbonyl (C=O) groups excluding carboxylic acids is 1. The van der Waals surface area contributed by atoms with Crippen molar-refractivity contribution in [2.45, 2.75) is 6.54 Å². The minimum Gasteiger partial charge on any atom is -0.347 e. The molecule has 0 spiro atoms. The van der Waals surface area contributed by atoms with Crippen molar-refractivity contribution in [3.05, 3.63) is 72.1 Å². The molecular formula is C18H18N2O. The third kappa shape index (κ3) is 2.55. The van der Waals surface area contributed by atoms with Gasteiger partial charge in [0.2, 0.25) is 0 Å². The first-order valence-electron chi connectivity index (χ1n) is 7.00. The van der Waals surface area contributed by atoms with E-state index in [-0.39, 0.29) is 5.91 Å². The Balaban J connectivity index is 1.88. The van der Waals surface area contributed by atoms with Crippen molar-refractivity contribution in [1.82, 2.24) is 9.47 Å². The van der Waals surface area contributed by atoms with Crippen LogP contribution in [0, 0.1) is 0 Å². The molecule has 0 saturated heterocycles. The molecule has 0 N–H and O–H groups in total. The fraction of sp³-hybridized carbons (Fsp3) is 0.167. The quantitative estimate of drug-likeness (QED) is 0.720. The standard InChI is InChI=1S/C18H18N2O/c1-19-12-6-11-17(19)18(21)20(2)13-15-9-5-8-14-7-3-4-10-16(14)15/h3-12H,13H2,1-2H3. The minimum absolute atomic E-state index is 0.0374. The van der Waals surface area contributed by atoms with Crippen molar-refractivity contribution in [3.63, 3.8) is 0 Å². The van der Waals surface area contributed by atoms with E-state index in [0.29, 0.717) is 12.2 Å². The largest absolute Gasteiger partial charge is 0.347 e. The molecule has 0 radical (unpaired) electrons. The highest BCUT2D eigenvalue weighted by molar-refractivity contribution is 5.93. The molecule has 0 unspecified atom stereocenters. The molecule has 0 aliphatic heterocycles. The number of carbonyl (C=O) groups is 1. The number of rotatable bonds is 3. The smallest absolute Gasteiger partial charge is 0.270 e. The molecule has 21 heavy (non-hydrogen) atoms. The monoisotopic (exact) mass is 278 g/mol. The number of amides is 1. The van der Waals surface area contributed by atoms with Gasteiger partial charge in [0.15, 0.2) is 0 Å². The highest BCUT2D eigenvalue weighted by atomic mass is 16.2. The third-order valence-corrected chi connectivity index (χ3v) is 3.80. The van der Waals surface area contributed by atoms with Crippen molar-refractivity contribution in [2.24, 2.45) is 7.05 Å². The molecule has 0 aliphatic carbocycles. The molecule has 1 amide bonds. The number of hydrogen-bond acceptors (Lipinski definition) is 1. The summed E-state index contributed by atoms with van der Waals surface area (Å²) >= 11 is 0. The lowest BCUT2D eigenvalue weighted by Gasteiger charge is -2.18. The molecule has 3 nitrogen and oxygen atoms in total. The first kappa shape index (κ1) is 13.4. The molecule has 3 rings (SSSR count). The van der Waals surface area contributed by atoms with Crippen LogP contribution in [0.1, 0.15) is 16.1 Å². The number of aromatic nitrogens is 1. The molecule has 106 valence electrons. The van der Waals surface area contributed by atoms with Crippen LogP contribution in [-0.4, -0.2) is 22.4 Å². The van der Waals surface area contributed by atoms with Crippen molar-refractivity contribution in [1.29, 1.82) is 0 Å². The lowest BCUT2D eigenvalue weighted by Crippen LogP contribution is -2.27. The SMILES string of the molecule is CN(Cc1cccc2ccccc12)C(=O)c1cccn1C. The fourth-order valence-electron chi connectivity index (χ4n) is 2.64. The first-order chi connectivity index (χ1) is 10.2. The summed E-state index contributed by atoms with van der Waals surface area (Å²) in [5.74, 6) is 0.0374. The van der Waals surface area contributed by atoms with E-state index in [4.69, 9.17) is 0 Å². The van der Waals surface area contributed by atoms with Crippen LogP contribution in [0.5, 0.6) is 0 Å². The van der Waals surface area contributed by atoms with Crippen molar-refractivity contribution in [2.75, 3.05) is 7.05 Å². The van der Waals surface area contributed by atoms with Crippen LogP contribution in [0.2, 0.25) is 0 Å². The summed E-state index contributed by atoms with van der Waals surface area (Å²) in [6, 6.07) is 18.2. The van der Waals surface area contributed by atoms with E-state index in [1.807, 2.05) is 55.2 Å². The topological polar surface area (TPSA) is 25.2 Å². The Morgan fingerprint density at radius 2 is 1.81 bits per heavy atom. The van der Waals surface area contributed by atoms with Crippen LogP contribution < -0.4 is 0 Å². The van der Waals surface area contributed by atoms with E-state index >= 15 is 0 Å². The van der Waals surface area contributed by atoms with Crippen molar-refractivity contribution >= 4 is 16.7 Å². The van der Waals surface area contributed by atoms with E-state index in [0.717, 1.165) is 5.56 Å². The second-order valence-corrected chi connectivity index (χ2v) is 5.30. The van der Waals surface area contributed by atoms with Gasteiger partial charge in [0.05, 0.1) is 0 Å². The van der Waals surface area contributed by atoms with Gasteiger partial charge in [-0.3, -0.25) is 4.79 Å². The molecule has 0 bridgehead atoms. The van der Waals surface area contributed by atoms with Crippen LogP contribution >= 0.6 is 0 Å². The molecule has 0 atom stereocenters. The van der Waals surface area contributed by atoms with Crippen molar-refractivity contribution in [3.8, 4) is 0 Å². The number of aryl methyl sites for hydroxylation is 1. The van der Waals surface area contributed by atoms with Crippen LogP contribution in [-0.2, 0) is 13.6 Å². The molecule has 0 saturated carbocycles. The second kappa shape index (κ2) is 5.44. The Labute approximate surface area is 124 Å². The maximum absolute atomic E-state index is 12.5. The summed E-state index contributed by atoms with van der Waals surface area (Å²) in [4.78, 5) is 14.2. The molecule has 3 aromatic rings. The van der Waals surface area contributed by atoms with E-state index in [9.17, 15) is 4.79 Å². The average Bonchev–Trinajstić information content (AvgIpc) is 2.93. The van der Waals surface area contributed by atoms with Crippen LogP contribution in [0.4, 0.5) is 0 Å². The Kier molecular flexibility index (Phi) is 3.48. The van der Waals surface area contributed by atoms with Crippen molar-refractivity contribution < 1.29 is 4.79 Å². The van der Waals surface area contributed by atoms with Gasteiger partial charge in [-0.25, -0.2) is 0 Å². The average molecular weight is 278 g/mol. The highest BCUT2D eigenvalue weighted by Gasteiger charge is 2.15. The van der Waals surface area contributed by atoms with E-state index in [1.54, 1.807) is 4.90 Å².